The smallest absolute Gasteiger partial charge is 0.131 e. The SMILES string of the molecule is COc1cccc(F)c1[C@@H](N)CC1CC1.Cl. The molecule has 0 amide bonds. The Morgan fingerprint density at radius 1 is 1.50 bits per heavy atom. The Kier molecular flexibility index (Phi) is 4.56. The number of hydrogen-bond acceptors (Lipinski definition) is 2. The van der Waals surface area contributed by atoms with Gasteiger partial charge in [0.2, 0.25) is 0 Å². The van der Waals surface area contributed by atoms with Crippen LogP contribution in [0.2, 0.25) is 0 Å². The second-order valence-corrected chi connectivity index (χ2v) is 4.14. The van der Waals surface area contributed by atoms with Gasteiger partial charge in [-0.2, -0.15) is 0 Å². The summed E-state index contributed by atoms with van der Waals surface area (Å²) in [5, 5.41) is 0. The molecule has 1 aliphatic rings. The predicted octanol–water partition coefficient (Wildman–Crippen LogP) is 3.06. The molecule has 0 aliphatic heterocycles. The number of benzene rings is 1. The molecule has 0 bridgehead atoms. The summed E-state index contributed by atoms with van der Waals surface area (Å²) in [6.45, 7) is 0. The first-order chi connectivity index (χ1) is 7.22. The van der Waals surface area contributed by atoms with Gasteiger partial charge < -0.3 is 10.5 Å². The monoisotopic (exact) mass is 245 g/mol. The molecule has 4 heteroatoms. The van der Waals surface area contributed by atoms with E-state index in [9.17, 15) is 4.39 Å². The van der Waals surface area contributed by atoms with Crippen molar-refractivity contribution in [2.24, 2.45) is 11.7 Å². The second kappa shape index (κ2) is 5.51. The molecule has 2 N–H and O–H groups in total. The minimum Gasteiger partial charge on any atom is -0.496 e. The molecule has 1 atom stereocenters. The maximum Gasteiger partial charge on any atom is 0.131 e. The van der Waals surface area contributed by atoms with E-state index in [-0.39, 0.29) is 24.3 Å². The lowest BCUT2D eigenvalue weighted by Crippen LogP contribution is -2.14. The van der Waals surface area contributed by atoms with Crippen LogP contribution in [0, 0.1) is 11.7 Å². The molecule has 0 aromatic heterocycles. The van der Waals surface area contributed by atoms with Crippen LogP contribution in [0.3, 0.4) is 0 Å². The van der Waals surface area contributed by atoms with Crippen molar-refractivity contribution in [2.45, 2.75) is 25.3 Å². The molecule has 0 saturated heterocycles. The zero-order chi connectivity index (χ0) is 10.8. The van der Waals surface area contributed by atoms with Crippen molar-refractivity contribution in [1.29, 1.82) is 0 Å². The lowest BCUT2D eigenvalue weighted by atomic mass is 10.0. The summed E-state index contributed by atoms with van der Waals surface area (Å²) in [6, 6.07) is 4.59. The van der Waals surface area contributed by atoms with E-state index < -0.39 is 0 Å². The highest BCUT2D eigenvalue weighted by Crippen LogP contribution is 2.39. The van der Waals surface area contributed by atoms with E-state index in [0.29, 0.717) is 17.2 Å². The lowest BCUT2D eigenvalue weighted by Gasteiger charge is -2.16. The Morgan fingerprint density at radius 3 is 2.75 bits per heavy atom. The van der Waals surface area contributed by atoms with Crippen LogP contribution >= 0.6 is 12.4 Å². The van der Waals surface area contributed by atoms with Crippen LogP contribution in [0.4, 0.5) is 4.39 Å². The van der Waals surface area contributed by atoms with E-state index in [4.69, 9.17) is 10.5 Å². The standard InChI is InChI=1S/C12H16FNO.ClH/c1-15-11-4-2-3-9(13)12(11)10(14)7-8-5-6-8;/h2-4,8,10H,5-7,14H2,1H3;1H/t10-;/m0./s1. The van der Waals surface area contributed by atoms with Crippen molar-refractivity contribution in [3.8, 4) is 5.75 Å². The van der Waals surface area contributed by atoms with Crippen molar-refractivity contribution < 1.29 is 9.13 Å². The first-order valence-electron chi connectivity index (χ1n) is 5.30. The Bertz CT molecular complexity index is 355. The number of rotatable bonds is 4. The van der Waals surface area contributed by atoms with Gasteiger partial charge in [-0.25, -0.2) is 4.39 Å². The fourth-order valence-corrected chi connectivity index (χ4v) is 1.89. The van der Waals surface area contributed by atoms with Gasteiger partial charge in [0.1, 0.15) is 11.6 Å². The average molecular weight is 246 g/mol. The van der Waals surface area contributed by atoms with Crippen molar-refractivity contribution in [3.63, 3.8) is 0 Å². The topological polar surface area (TPSA) is 35.2 Å². The maximum atomic E-state index is 13.6. The van der Waals surface area contributed by atoms with Gasteiger partial charge in [0.15, 0.2) is 0 Å². The summed E-state index contributed by atoms with van der Waals surface area (Å²) in [5.41, 5.74) is 6.51. The van der Waals surface area contributed by atoms with Gasteiger partial charge in [0.05, 0.1) is 7.11 Å². The number of halogens is 2. The average Bonchev–Trinajstić information content (AvgIpc) is 3.00. The molecule has 0 unspecified atom stereocenters. The molecule has 1 aromatic carbocycles. The highest BCUT2D eigenvalue weighted by Gasteiger charge is 2.27. The second-order valence-electron chi connectivity index (χ2n) is 4.14. The molecule has 90 valence electrons. The summed E-state index contributed by atoms with van der Waals surface area (Å²) in [4.78, 5) is 0. The van der Waals surface area contributed by atoms with Gasteiger partial charge in [-0.15, -0.1) is 12.4 Å². The molecule has 1 aliphatic carbocycles. The summed E-state index contributed by atoms with van der Waals surface area (Å²) in [6.07, 6.45) is 3.31. The van der Waals surface area contributed by atoms with Gasteiger partial charge in [0.25, 0.3) is 0 Å². The van der Waals surface area contributed by atoms with Gasteiger partial charge in [-0.3, -0.25) is 0 Å². The van der Waals surface area contributed by atoms with Crippen molar-refractivity contribution in [2.75, 3.05) is 7.11 Å². The Hall–Kier alpha value is -0.800. The molecule has 0 radical (unpaired) electrons. The highest BCUT2D eigenvalue weighted by molar-refractivity contribution is 5.85. The van der Waals surface area contributed by atoms with Crippen LogP contribution in [-0.2, 0) is 0 Å². The largest absolute Gasteiger partial charge is 0.496 e. The predicted molar refractivity (Wildman–Crippen MR) is 64.5 cm³/mol. The molecule has 1 aromatic rings. The first-order valence-corrected chi connectivity index (χ1v) is 5.30. The molecule has 16 heavy (non-hydrogen) atoms. The number of ether oxygens (including phenoxy) is 1. The zero-order valence-corrected chi connectivity index (χ0v) is 10.1. The van der Waals surface area contributed by atoms with Crippen LogP contribution in [0.5, 0.6) is 5.75 Å². The summed E-state index contributed by atoms with van der Waals surface area (Å²) in [7, 11) is 1.54. The normalized spacial score (nSPS) is 16.4. The third-order valence-corrected chi connectivity index (χ3v) is 2.89. The Labute approximate surface area is 101 Å². The van der Waals surface area contributed by atoms with E-state index in [1.165, 1.54) is 18.9 Å². The molecule has 1 saturated carbocycles. The molecular formula is C12H17ClFNO. The van der Waals surface area contributed by atoms with E-state index in [2.05, 4.69) is 0 Å². The molecule has 2 nitrogen and oxygen atoms in total. The molecular weight excluding hydrogens is 229 g/mol. The summed E-state index contributed by atoms with van der Waals surface area (Å²) >= 11 is 0. The van der Waals surface area contributed by atoms with Gasteiger partial charge in [-0.1, -0.05) is 18.9 Å². The van der Waals surface area contributed by atoms with Crippen LogP contribution in [0.25, 0.3) is 0 Å². The van der Waals surface area contributed by atoms with Gasteiger partial charge in [-0.05, 0) is 24.5 Å². The maximum absolute atomic E-state index is 13.6. The Balaban J connectivity index is 0.00000128. The minimum atomic E-state index is -0.262. The van der Waals surface area contributed by atoms with Crippen LogP contribution in [0.1, 0.15) is 30.9 Å². The van der Waals surface area contributed by atoms with Crippen molar-refractivity contribution >= 4 is 12.4 Å². The summed E-state index contributed by atoms with van der Waals surface area (Å²) in [5.74, 6) is 0.981. The first kappa shape index (κ1) is 13.3. The molecule has 0 spiro atoms. The van der Waals surface area contributed by atoms with Crippen LogP contribution < -0.4 is 10.5 Å². The van der Waals surface area contributed by atoms with Crippen LogP contribution in [-0.4, -0.2) is 7.11 Å². The fourth-order valence-electron chi connectivity index (χ4n) is 1.89. The van der Waals surface area contributed by atoms with Gasteiger partial charge >= 0.3 is 0 Å². The van der Waals surface area contributed by atoms with Crippen molar-refractivity contribution in [1.82, 2.24) is 0 Å². The van der Waals surface area contributed by atoms with Crippen LogP contribution in [0.15, 0.2) is 18.2 Å². The fraction of sp³-hybridized carbons (Fsp3) is 0.500. The number of hydrogen-bond donors (Lipinski definition) is 1. The highest BCUT2D eigenvalue weighted by atomic mass is 35.5. The minimum absolute atomic E-state index is 0. The third-order valence-electron chi connectivity index (χ3n) is 2.89. The lowest BCUT2D eigenvalue weighted by molar-refractivity contribution is 0.395. The van der Waals surface area contributed by atoms with Gasteiger partial charge in [0, 0.05) is 11.6 Å². The number of nitrogens with two attached hydrogens (primary N) is 1. The summed E-state index contributed by atoms with van der Waals surface area (Å²) < 4.78 is 18.7. The third kappa shape index (κ3) is 2.86. The quantitative estimate of drug-likeness (QED) is 0.885. The molecule has 2 rings (SSSR count). The van der Waals surface area contributed by atoms with E-state index in [0.717, 1.165) is 6.42 Å². The molecule has 1 fully saturated rings. The van der Waals surface area contributed by atoms with E-state index in [1.54, 1.807) is 19.2 Å². The van der Waals surface area contributed by atoms with E-state index in [1.807, 2.05) is 0 Å². The Morgan fingerprint density at radius 2 is 2.19 bits per heavy atom. The number of methoxy groups -OCH3 is 1. The molecule has 0 heterocycles. The van der Waals surface area contributed by atoms with Crippen molar-refractivity contribution in [3.05, 3.63) is 29.6 Å². The zero-order valence-electron chi connectivity index (χ0n) is 9.28. The van der Waals surface area contributed by atoms with E-state index >= 15 is 0 Å².